The van der Waals surface area contributed by atoms with Crippen molar-refractivity contribution in [3.05, 3.63) is 22.4 Å². The third-order valence-electron chi connectivity index (χ3n) is 4.92. The number of amides is 1. The van der Waals surface area contributed by atoms with Gasteiger partial charge in [0.2, 0.25) is 0 Å². The van der Waals surface area contributed by atoms with Gasteiger partial charge in [0.15, 0.2) is 0 Å². The van der Waals surface area contributed by atoms with E-state index < -0.39 is 0 Å². The summed E-state index contributed by atoms with van der Waals surface area (Å²) in [6, 6.07) is 2.82. The molecule has 3 atom stereocenters. The normalized spacial score (nSPS) is 30.2. The van der Waals surface area contributed by atoms with Crippen molar-refractivity contribution >= 4 is 21.8 Å². The number of rotatable bonds is 3. The fraction of sp³-hybridized carbons (Fsp3) is 0.688. The van der Waals surface area contributed by atoms with Gasteiger partial charge in [-0.2, -0.15) is 0 Å². The summed E-state index contributed by atoms with van der Waals surface area (Å²) in [5, 5.41) is 3.24. The molecule has 1 N–H and O–H groups in total. The van der Waals surface area contributed by atoms with Crippen molar-refractivity contribution < 1.29 is 4.79 Å². The Labute approximate surface area is 129 Å². The molecule has 0 bridgehead atoms. The van der Waals surface area contributed by atoms with Gasteiger partial charge in [0.1, 0.15) is 5.69 Å². The van der Waals surface area contributed by atoms with Crippen LogP contribution in [-0.2, 0) is 0 Å². The number of aromatic nitrogens is 1. The SMILES string of the molecule is CC1CCC(NC(=O)c2cc(Br)cn2C2CC2)CC1C. The van der Waals surface area contributed by atoms with Crippen molar-refractivity contribution in [2.45, 2.75) is 58.0 Å². The molecule has 0 aromatic carbocycles. The number of halogens is 1. The number of hydrogen-bond acceptors (Lipinski definition) is 1. The molecular weight excluding hydrogens is 316 g/mol. The number of nitrogens with zero attached hydrogens (tertiary/aromatic N) is 1. The Hall–Kier alpha value is -0.770. The number of nitrogens with one attached hydrogen (secondary N) is 1. The molecule has 3 unspecified atom stereocenters. The van der Waals surface area contributed by atoms with Crippen LogP contribution in [0.5, 0.6) is 0 Å². The molecule has 0 aliphatic heterocycles. The molecule has 110 valence electrons. The molecule has 2 aliphatic carbocycles. The molecule has 2 aliphatic rings. The number of carbonyl (C=O) groups excluding carboxylic acids is 1. The van der Waals surface area contributed by atoms with Gasteiger partial charge >= 0.3 is 0 Å². The lowest BCUT2D eigenvalue weighted by Gasteiger charge is -2.32. The van der Waals surface area contributed by atoms with Gasteiger partial charge in [-0.3, -0.25) is 4.79 Å². The molecule has 1 aromatic heterocycles. The highest BCUT2D eigenvalue weighted by Gasteiger charge is 2.30. The molecule has 0 spiro atoms. The minimum atomic E-state index is 0.0920. The molecule has 1 amide bonds. The molecule has 4 heteroatoms. The average molecular weight is 339 g/mol. The quantitative estimate of drug-likeness (QED) is 0.882. The molecule has 20 heavy (non-hydrogen) atoms. The van der Waals surface area contributed by atoms with Crippen LogP contribution in [-0.4, -0.2) is 16.5 Å². The van der Waals surface area contributed by atoms with E-state index in [-0.39, 0.29) is 5.91 Å². The zero-order valence-corrected chi connectivity index (χ0v) is 13.8. The van der Waals surface area contributed by atoms with Crippen LogP contribution < -0.4 is 5.32 Å². The van der Waals surface area contributed by atoms with Crippen LogP contribution >= 0.6 is 15.9 Å². The third-order valence-corrected chi connectivity index (χ3v) is 5.36. The van der Waals surface area contributed by atoms with Gasteiger partial charge in [-0.05, 0) is 65.9 Å². The van der Waals surface area contributed by atoms with E-state index in [9.17, 15) is 4.79 Å². The zero-order chi connectivity index (χ0) is 14.3. The van der Waals surface area contributed by atoms with E-state index in [1.54, 1.807) is 0 Å². The summed E-state index contributed by atoms with van der Waals surface area (Å²) in [7, 11) is 0. The first-order chi connectivity index (χ1) is 9.54. The summed E-state index contributed by atoms with van der Waals surface area (Å²) in [5.74, 6) is 1.58. The predicted molar refractivity (Wildman–Crippen MR) is 83.8 cm³/mol. The Morgan fingerprint density at radius 3 is 2.65 bits per heavy atom. The second-order valence-electron chi connectivity index (χ2n) is 6.62. The summed E-state index contributed by atoms with van der Waals surface area (Å²) in [4.78, 5) is 12.5. The molecule has 1 heterocycles. The first-order valence-corrected chi connectivity index (χ1v) is 8.52. The van der Waals surface area contributed by atoms with E-state index in [2.05, 4.69) is 39.7 Å². The van der Waals surface area contributed by atoms with E-state index in [1.807, 2.05) is 12.3 Å². The highest BCUT2D eigenvalue weighted by atomic mass is 79.9. The minimum absolute atomic E-state index is 0.0920. The number of carbonyl (C=O) groups is 1. The first kappa shape index (κ1) is 14.2. The standard InChI is InChI=1S/C16H23BrN2O/c1-10-3-4-13(7-11(10)2)18-16(20)15-8-12(17)9-19(15)14-5-6-14/h8-11,13-14H,3-7H2,1-2H3,(H,18,20). The van der Waals surface area contributed by atoms with Gasteiger partial charge in [0, 0.05) is 22.8 Å². The molecular formula is C16H23BrN2O. The van der Waals surface area contributed by atoms with Crippen LogP contribution in [0.25, 0.3) is 0 Å². The van der Waals surface area contributed by atoms with Crippen molar-refractivity contribution in [3.8, 4) is 0 Å². The van der Waals surface area contributed by atoms with Crippen LogP contribution in [0.3, 0.4) is 0 Å². The smallest absolute Gasteiger partial charge is 0.268 e. The largest absolute Gasteiger partial charge is 0.348 e. The maximum Gasteiger partial charge on any atom is 0.268 e. The lowest BCUT2D eigenvalue weighted by molar-refractivity contribution is 0.0901. The van der Waals surface area contributed by atoms with Crippen LogP contribution in [0, 0.1) is 11.8 Å². The van der Waals surface area contributed by atoms with E-state index in [0.29, 0.717) is 18.0 Å². The fourth-order valence-corrected chi connectivity index (χ4v) is 3.66. The van der Waals surface area contributed by atoms with Crippen molar-refractivity contribution in [1.82, 2.24) is 9.88 Å². The highest BCUT2D eigenvalue weighted by molar-refractivity contribution is 9.10. The molecule has 1 aromatic rings. The highest BCUT2D eigenvalue weighted by Crippen LogP contribution is 2.37. The van der Waals surface area contributed by atoms with E-state index >= 15 is 0 Å². The van der Waals surface area contributed by atoms with Crippen LogP contribution in [0.1, 0.15) is 62.5 Å². The Morgan fingerprint density at radius 2 is 2.00 bits per heavy atom. The molecule has 2 saturated carbocycles. The summed E-state index contributed by atoms with van der Waals surface area (Å²) >= 11 is 3.49. The minimum Gasteiger partial charge on any atom is -0.348 e. The maximum absolute atomic E-state index is 12.5. The predicted octanol–water partition coefficient (Wildman–Crippen LogP) is 4.14. The van der Waals surface area contributed by atoms with E-state index in [4.69, 9.17) is 0 Å². The fourth-order valence-electron chi connectivity index (χ4n) is 3.22. The lowest BCUT2D eigenvalue weighted by Crippen LogP contribution is -2.40. The van der Waals surface area contributed by atoms with Crippen molar-refractivity contribution in [3.63, 3.8) is 0 Å². The van der Waals surface area contributed by atoms with Crippen molar-refractivity contribution in [2.24, 2.45) is 11.8 Å². The zero-order valence-electron chi connectivity index (χ0n) is 12.2. The van der Waals surface area contributed by atoms with E-state index in [0.717, 1.165) is 28.9 Å². The van der Waals surface area contributed by atoms with Crippen LogP contribution in [0.4, 0.5) is 0 Å². The van der Waals surface area contributed by atoms with Gasteiger partial charge in [-0.1, -0.05) is 13.8 Å². The Balaban J connectivity index is 1.67. The van der Waals surface area contributed by atoms with Crippen LogP contribution in [0.2, 0.25) is 0 Å². The second kappa shape index (κ2) is 5.55. The molecule has 2 fully saturated rings. The average Bonchev–Trinajstić information content (AvgIpc) is 3.17. The van der Waals surface area contributed by atoms with Gasteiger partial charge in [-0.25, -0.2) is 0 Å². The molecule has 3 rings (SSSR count). The van der Waals surface area contributed by atoms with Gasteiger partial charge < -0.3 is 9.88 Å². The topological polar surface area (TPSA) is 34.0 Å². The Morgan fingerprint density at radius 1 is 1.25 bits per heavy atom. The monoisotopic (exact) mass is 338 g/mol. The van der Waals surface area contributed by atoms with Gasteiger partial charge in [-0.15, -0.1) is 0 Å². The summed E-state index contributed by atoms with van der Waals surface area (Å²) < 4.78 is 3.13. The summed E-state index contributed by atoms with van der Waals surface area (Å²) in [6.45, 7) is 4.62. The van der Waals surface area contributed by atoms with Crippen molar-refractivity contribution in [1.29, 1.82) is 0 Å². The first-order valence-electron chi connectivity index (χ1n) is 7.73. The maximum atomic E-state index is 12.5. The molecule has 3 nitrogen and oxygen atoms in total. The van der Waals surface area contributed by atoms with Crippen molar-refractivity contribution in [2.75, 3.05) is 0 Å². The summed E-state index contributed by atoms with van der Waals surface area (Å²) in [6.07, 6.45) is 7.87. The van der Waals surface area contributed by atoms with Gasteiger partial charge in [0.05, 0.1) is 0 Å². The molecule has 0 saturated heterocycles. The van der Waals surface area contributed by atoms with Crippen LogP contribution in [0.15, 0.2) is 16.7 Å². The lowest BCUT2D eigenvalue weighted by atomic mass is 9.79. The number of hydrogen-bond donors (Lipinski definition) is 1. The summed E-state index contributed by atoms with van der Waals surface area (Å²) in [5.41, 5.74) is 0.811. The Kier molecular flexibility index (Phi) is 3.93. The Bertz CT molecular complexity index is 507. The van der Waals surface area contributed by atoms with Gasteiger partial charge in [0.25, 0.3) is 5.91 Å². The second-order valence-corrected chi connectivity index (χ2v) is 7.54. The molecule has 0 radical (unpaired) electrons. The third kappa shape index (κ3) is 2.95. The van der Waals surface area contributed by atoms with E-state index in [1.165, 1.54) is 19.3 Å².